The van der Waals surface area contributed by atoms with Gasteiger partial charge in [-0.15, -0.1) is 0 Å². The van der Waals surface area contributed by atoms with Gasteiger partial charge in [0.05, 0.1) is 6.10 Å². The van der Waals surface area contributed by atoms with Gasteiger partial charge in [-0.2, -0.15) is 0 Å². The van der Waals surface area contributed by atoms with Gasteiger partial charge in [-0.3, -0.25) is 4.98 Å². The maximum atomic E-state index is 10.3. The first kappa shape index (κ1) is 13.8. The molecule has 0 radical (unpaired) electrons. The van der Waals surface area contributed by atoms with Gasteiger partial charge in [-0.25, -0.2) is 0 Å². The molecule has 2 aromatic rings. The molecule has 1 aromatic carbocycles. The molecule has 0 amide bonds. The molecular formula is C17H21NO. The monoisotopic (exact) mass is 255 g/mol. The van der Waals surface area contributed by atoms with Gasteiger partial charge in [0.2, 0.25) is 0 Å². The Morgan fingerprint density at radius 3 is 2.21 bits per heavy atom. The second kappa shape index (κ2) is 5.54. The third-order valence-corrected chi connectivity index (χ3v) is 3.56. The molecule has 2 rings (SSSR count). The minimum absolute atomic E-state index is 0.492. The molecule has 0 saturated carbocycles. The Hall–Kier alpha value is -1.67. The highest BCUT2D eigenvalue weighted by atomic mass is 16.3. The second-order valence-electron chi connectivity index (χ2n) is 5.33. The first-order valence-electron chi connectivity index (χ1n) is 6.64. The van der Waals surface area contributed by atoms with Crippen LogP contribution in [0.4, 0.5) is 0 Å². The summed E-state index contributed by atoms with van der Waals surface area (Å²) >= 11 is 0. The number of aryl methyl sites for hydroxylation is 4. The quantitative estimate of drug-likeness (QED) is 0.909. The molecule has 0 bridgehead atoms. The van der Waals surface area contributed by atoms with Crippen LogP contribution in [0, 0.1) is 27.7 Å². The van der Waals surface area contributed by atoms with E-state index in [9.17, 15) is 5.11 Å². The average molecular weight is 255 g/mol. The van der Waals surface area contributed by atoms with Crippen molar-refractivity contribution in [1.29, 1.82) is 0 Å². The first-order chi connectivity index (χ1) is 8.97. The maximum absolute atomic E-state index is 10.3. The number of hydrogen-bond donors (Lipinski definition) is 1. The van der Waals surface area contributed by atoms with Crippen LogP contribution in [0.2, 0.25) is 0 Å². The minimum Gasteiger partial charge on any atom is -0.388 e. The molecule has 1 unspecified atom stereocenters. The maximum Gasteiger partial charge on any atom is 0.0845 e. The van der Waals surface area contributed by atoms with Crippen LogP contribution in [-0.2, 0) is 6.42 Å². The second-order valence-corrected chi connectivity index (χ2v) is 5.33. The molecule has 1 heterocycles. The van der Waals surface area contributed by atoms with E-state index in [1.54, 1.807) is 6.20 Å². The molecule has 0 aliphatic rings. The molecule has 1 aromatic heterocycles. The van der Waals surface area contributed by atoms with Crippen LogP contribution >= 0.6 is 0 Å². The van der Waals surface area contributed by atoms with Gasteiger partial charge in [-0.05, 0) is 56.0 Å². The lowest BCUT2D eigenvalue weighted by molar-refractivity contribution is 0.177. The van der Waals surface area contributed by atoms with Crippen molar-refractivity contribution < 1.29 is 5.11 Å². The van der Waals surface area contributed by atoms with Gasteiger partial charge < -0.3 is 5.11 Å². The van der Waals surface area contributed by atoms with E-state index < -0.39 is 6.10 Å². The van der Waals surface area contributed by atoms with Gasteiger partial charge in [0.25, 0.3) is 0 Å². The zero-order chi connectivity index (χ0) is 14.0. The van der Waals surface area contributed by atoms with E-state index in [4.69, 9.17) is 0 Å². The zero-order valence-corrected chi connectivity index (χ0v) is 12.1. The molecule has 2 nitrogen and oxygen atoms in total. The van der Waals surface area contributed by atoms with Crippen molar-refractivity contribution in [3.05, 3.63) is 64.0 Å². The SMILES string of the molecule is Cc1cc(C)c(CC(O)c2ccc(C)nc2)c(C)c1. The van der Waals surface area contributed by atoms with E-state index >= 15 is 0 Å². The van der Waals surface area contributed by atoms with Crippen molar-refractivity contribution in [3.8, 4) is 0 Å². The summed E-state index contributed by atoms with van der Waals surface area (Å²) in [6.07, 6.45) is 1.91. The Labute approximate surface area is 115 Å². The largest absolute Gasteiger partial charge is 0.388 e. The number of aliphatic hydroxyl groups is 1. The lowest BCUT2D eigenvalue weighted by Crippen LogP contribution is -2.06. The standard InChI is InChI=1S/C17H21NO/c1-11-7-12(2)16(13(3)8-11)9-17(19)15-6-5-14(4)18-10-15/h5-8,10,17,19H,9H2,1-4H3. The van der Waals surface area contributed by atoms with Crippen LogP contribution in [0.15, 0.2) is 30.5 Å². The summed E-state index contributed by atoms with van der Waals surface area (Å²) in [5.74, 6) is 0. The van der Waals surface area contributed by atoms with Crippen LogP contribution < -0.4 is 0 Å². The third-order valence-electron chi connectivity index (χ3n) is 3.56. The van der Waals surface area contributed by atoms with Crippen molar-refractivity contribution in [2.45, 2.75) is 40.2 Å². The van der Waals surface area contributed by atoms with Crippen LogP contribution in [0.1, 0.15) is 39.6 Å². The molecule has 0 fully saturated rings. The number of aliphatic hydroxyl groups excluding tert-OH is 1. The fourth-order valence-corrected chi connectivity index (χ4v) is 2.52. The fourth-order valence-electron chi connectivity index (χ4n) is 2.52. The molecule has 0 saturated heterocycles. The van der Waals surface area contributed by atoms with Gasteiger partial charge in [0.1, 0.15) is 0 Å². The average Bonchev–Trinajstić information content (AvgIpc) is 2.34. The predicted octanol–water partition coefficient (Wildman–Crippen LogP) is 3.59. The van der Waals surface area contributed by atoms with E-state index in [-0.39, 0.29) is 0 Å². The van der Waals surface area contributed by atoms with Crippen LogP contribution in [0.3, 0.4) is 0 Å². The van der Waals surface area contributed by atoms with E-state index in [1.807, 2.05) is 19.1 Å². The number of pyridine rings is 1. The highest BCUT2D eigenvalue weighted by Gasteiger charge is 2.12. The first-order valence-corrected chi connectivity index (χ1v) is 6.64. The smallest absolute Gasteiger partial charge is 0.0845 e. The van der Waals surface area contributed by atoms with E-state index in [0.717, 1.165) is 11.3 Å². The van der Waals surface area contributed by atoms with Crippen molar-refractivity contribution in [3.63, 3.8) is 0 Å². The van der Waals surface area contributed by atoms with Crippen molar-refractivity contribution in [2.24, 2.45) is 0 Å². The number of nitrogens with zero attached hydrogens (tertiary/aromatic N) is 1. The summed E-state index contributed by atoms with van der Waals surface area (Å²) in [6.45, 7) is 8.26. The van der Waals surface area contributed by atoms with Gasteiger partial charge >= 0.3 is 0 Å². The lowest BCUT2D eigenvalue weighted by atomic mass is 9.93. The Morgan fingerprint density at radius 1 is 1.05 bits per heavy atom. The van der Waals surface area contributed by atoms with Gasteiger partial charge in [-0.1, -0.05) is 23.8 Å². The fraction of sp³-hybridized carbons (Fsp3) is 0.353. The molecule has 0 spiro atoms. The minimum atomic E-state index is -0.492. The Balaban J connectivity index is 2.24. The summed E-state index contributed by atoms with van der Waals surface area (Å²) in [4.78, 5) is 4.24. The van der Waals surface area contributed by atoms with Crippen LogP contribution in [0.5, 0.6) is 0 Å². The van der Waals surface area contributed by atoms with E-state index in [2.05, 4.69) is 37.9 Å². The van der Waals surface area contributed by atoms with Gasteiger partial charge in [0.15, 0.2) is 0 Å². The molecule has 100 valence electrons. The highest BCUT2D eigenvalue weighted by Crippen LogP contribution is 2.23. The summed E-state index contributed by atoms with van der Waals surface area (Å²) in [6, 6.07) is 8.23. The summed E-state index contributed by atoms with van der Waals surface area (Å²) in [5.41, 5.74) is 6.85. The molecule has 1 N–H and O–H groups in total. The van der Waals surface area contributed by atoms with Crippen LogP contribution in [0.25, 0.3) is 0 Å². The molecule has 2 heteroatoms. The highest BCUT2D eigenvalue weighted by molar-refractivity contribution is 5.38. The van der Waals surface area contributed by atoms with E-state index in [0.29, 0.717) is 6.42 Å². The number of rotatable bonds is 3. The zero-order valence-electron chi connectivity index (χ0n) is 12.1. The lowest BCUT2D eigenvalue weighted by Gasteiger charge is -2.16. The predicted molar refractivity (Wildman–Crippen MR) is 78.3 cm³/mol. The number of benzene rings is 1. The molecule has 0 aliphatic carbocycles. The summed E-state index contributed by atoms with van der Waals surface area (Å²) in [7, 11) is 0. The summed E-state index contributed by atoms with van der Waals surface area (Å²) in [5, 5.41) is 10.3. The summed E-state index contributed by atoms with van der Waals surface area (Å²) < 4.78 is 0. The van der Waals surface area contributed by atoms with Crippen molar-refractivity contribution in [1.82, 2.24) is 4.98 Å². The molecule has 0 aliphatic heterocycles. The molecule has 1 atom stereocenters. The molecule has 19 heavy (non-hydrogen) atoms. The topological polar surface area (TPSA) is 33.1 Å². The number of aromatic nitrogens is 1. The van der Waals surface area contributed by atoms with Gasteiger partial charge in [0, 0.05) is 18.3 Å². The number of hydrogen-bond acceptors (Lipinski definition) is 2. The normalized spacial score (nSPS) is 12.5. The van der Waals surface area contributed by atoms with Crippen LogP contribution in [-0.4, -0.2) is 10.1 Å². The Morgan fingerprint density at radius 2 is 1.68 bits per heavy atom. The Kier molecular flexibility index (Phi) is 4.01. The van der Waals surface area contributed by atoms with Crippen molar-refractivity contribution in [2.75, 3.05) is 0 Å². The van der Waals surface area contributed by atoms with Crippen molar-refractivity contribution >= 4 is 0 Å². The Bertz CT molecular complexity index is 549. The third kappa shape index (κ3) is 3.21. The molecular weight excluding hydrogens is 234 g/mol. The van der Waals surface area contributed by atoms with E-state index in [1.165, 1.54) is 22.3 Å².